The minimum atomic E-state index is -0.632. The van der Waals surface area contributed by atoms with Gasteiger partial charge in [-0.05, 0) is 108 Å². The number of aryl methyl sites for hydroxylation is 1. The maximum absolute atomic E-state index is 7.13. The minimum Gasteiger partial charge on any atom is -0.457 e. The lowest BCUT2D eigenvalue weighted by molar-refractivity contribution is 0.434. The van der Waals surface area contributed by atoms with Crippen molar-refractivity contribution in [3.63, 3.8) is 0 Å². The highest BCUT2D eigenvalue weighted by molar-refractivity contribution is 6.12. The molecule has 4 nitrogen and oxygen atoms in total. The Morgan fingerprint density at radius 1 is 0.523 bits per heavy atom. The van der Waals surface area contributed by atoms with Crippen LogP contribution in [0.4, 0.5) is 17.1 Å². The van der Waals surface area contributed by atoms with Crippen LogP contribution in [0, 0.1) is 0 Å². The molecule has 1 spiro atoms. The first kappa shape index (κ1) is 36.4. The first-order valence-electron chi connectivity index (χ1n) is 22.9. The van der Waals surface area contributed by atoms with Gasteiger partial charge >= 0.3 is 0 Å². The van der Waals surface area contributed by atoms with Gasteiger partial charge in [-0.2, -0.15) is 0 Å². The van der Waals surface area contributed by atoms with Gasteiger partial charge < -0.3 is 18.8 Å². The Balaban J connectivity index is 0.978. The number of para-hydroxylation sites is 5. The Morgan fingerprint density at radius 3 is 2.17 bits per heavy atom. The molecule has 4 aliphatic rings. The molecule has 2 aliphatic carbocycles. The summed E-state index contributed by atoms with van der Waals surface area (Å²) >= 11 is 0. The van der Waals surface area contributed by atoms with E-state index < -0.39 is 5.41 Å². The minimum absolute atomic E-state index is 0.410. The summed E-state index contributed by atoms with van der Waals surface area (Å²) in [6.45, 7) is 0. The van der Waals surface area contributed by atoms with E-state index in [0.29, 0.717) is 5.92 Å². The topological polar surface area (TPSA) is 22.3 Å². The second kappa shape index (κ2) is 14.0. The average Bonchev–Trinajstić information content (AvgIpc) is 3.89. The predicted octanol–water partition coefficient (Wildman–Crippen LogP) is 15.6. The Morgan fingerprint density at radius 2 is 1.28 bits per heavy atom. The predicted molar refractivity (Wildman–Crippen MR) is 267 cm³/mol. The van der Waals surface area contributed by atoms with Crippen molar-refractivity contribution in [3.05, 3.63) is 251 Å². The molecule has 2 aromatic heterocycles. The third-order valence-electron chi connectivity index (χ3n) is 14.6. The largest absolute Gasteiger partial charge is 0.457 e. The fourth-order valence-corrected chi connectivity index (χ4v) is 11.8. The number of ether oxygens (including phenoxy) is 1. The lowest BCUT2D eigenvalue weighted by Gasteiger charge is -2.45. The number of hydrogen-bond donors (Lipinski definition) is 0. The van der Waals surface area contributed by atoms with Crippen LogP contribution >= 0.6 is 0 Å². The highest BCUT2D eigenvalue weighted by Gasteiger charge is 2.50. The second-order valence-electron chi connectivity index (χ2n) is 17.9. The van der Waals surface area contributed by atoms with E-state index in [4.69, 9.17) is 4.74 Å². The van der Waals surface area contributed by atoms with Crippen LogP contribution < -0.4 is 9.64 Å². The molecule has 0 N–H and O–H groups in total. The Labute approximate surface area is 377 Å². The summed E-state index contributed by atoms with van der Waals surface area (Å²) in [7, 11) is 0. The van der Waals surface area contributed by atoms with Crippen molar-refractivity contribution >= 4 is 55.8 Å². The van der Waals surface area contributed by atoms with Gasteiger partial charge in [0, 0.05) is 67.7 Å². The fourth-order valence-electron chi connectivity index (χ4n) is 11.8. The molecule has 0 amide bonds. The molecule has 4 heterocycles. The highest BCUT2D eigenvalue weighted by atomic mass is 16.5. The van der Waals surface area contributed by atoms with Gasteiger partial charge in [-0.3, -0.25) is 0 Å². The molecular formula is C61H43N3O. The van der Waals surface area contributed by atoms with E-state index in [1.54, 1.807) is 0 Å². The fraction of sp³-hybridized carbons (Fsp3) is 0.0820. The van der Waals surface area contributed by atoms with Crippen LogP contribution in [0.25, 0.3) is 50.2 Å². The average molecular weight is 834 g/mol. The molecule has 2 unspecified atom stereocenters. The van der Waals surface area contributed by atoms with Crippen molar-refractivity contribution in [2.24, 2.45) is 0 Å². The van der Waals surface area contributed by atoms with E-state index in [1.165, 1.54) is 72.0 Å². The number of nitrogens with zero attached hydrogens (tertiary/aromatic N) is 3. The van der Waals surface area contributed by atoms with Crippen molar-refractivity contribution in [2.75, 3.05) is 4.90 Å². The molecule has 14 rings (SSSR count). The van der Waals surface area contributed by atoms with Gasteiger partial charge in [0.1, 0.15) is 11.5 Å². The standard InChI is InChI=1S/C61H43N3O/c1-3-16-40(17-4-1)41-30-32-43(33-31-41)63-54-26-11-7-20-46(54)48-36-34-44(38-57(48)63)62(42-18-5-2-6-19-42)45-35-37-52-59(39-45)65-58-29-14-10-24-51(58)61(52)50-23-9-13-28-56(50)64-55-27-12-8-21-47(55)49-22-15-25-53(61)60(49)64/h1-6,8-16,18-19,21-40H,7,17,20H2. The maximum Gasteiger partial charge on any atom is 0.134 e. The van der Waals surface area contributed by atoms with E-state index in [-0.39, 0.29) is 0 Å². The molecule has 0 fully saturated rings. The van der Waals surface area contributed by atoms with Crippen molar-refractivity contribution in [1.29, 1.82) is 0 Å². The zero-order valence-corrected chi connectivity index (χ0v) is 35.7. The van der Waals surface area contributed by atoms with E-state index in [9.17, 15) is 0 Å². The van der Waals surface area contributed by atoms with E-state index in [0.717, 1.165) is 59.0 Å². The molecule has 65 heavy (non-hydrogen) atoms. The van der Waals surface area contributed by atoms with Gasteiger partial charge in [-0.25, -0.2) is 0 Å². The van der Waals surface area contributed by atoms with Crippen LogP contribution in [0.5, 0.6) is 11.5 Å². The molecular weight excluding hydrogens is 791 g/mol. The molecule has 8 aromatic carbocycles. The summed E-state index contributed by atoms with van der Waals surface area (Å²) in [5, 5.41) is 3.83. The number of benzene rings is 8. The number of hydrogen-bond acceptors (Lipinski definition) is 2. The molecule has 0 saturated heterocycles. The lowest BCUT2D eigenvalue weighted by Crippen LogP contribution is -2.37. The molecule has 0 bridgehead atoms. The molecule has 2 aliphatic heterocycles. The molecule has 0 radical (unpaired) electrons. The van der Waals surface area contributed by atoms with Crippen LogP contribution in [-0.2, 0) is 11.8 Å². The Bertz CT molecular complexity index is 3680. The zero-order valence-electron chi connectivity index (χ0n) is 35.7. The van der Waals surface area contributed by atoms with Crippen molar-refractivity contribution in [2.45, 2.75) is 30.6 Å². The normalized spacial score (nSPS) is 17.5. The number of fused-ring (bicyclic) bond motifs is 14. The second-order valence-corrected chi connectivity index (χ2v) is 17.9. The third-order valence-corrected chi connectivity index (χ3v) is 14.6. The van der Waals surface area contributed by atoms with Crippen LogP contribution in [0.2, 0.25) is 0 Å². The molecule has 4 heteroatoms. The van der Waals surface area contributed by atoms with Crippen LogP contribution in [0.3, 0.4) is 0 Å². The van der Waals surface area contributed by atoms with E-state index in [2.05, 4.69) is 232 Å². The van der Waals surface area contributed by atoms with Gasteiger partial charge in [0.2, 0.25) is 0 Å². The van der Waals surface area contributed by atoms with Gasteiger partial charge in [0.05, 0.1) is 27.7 Å². The van der Waals surface area contributed by atoms with E-state index >= 15 is 0 Å². The summed E-state index contributed by atoms with van der Waals surface area (Å²) in [6.07, 6.45) is 16.7. The lowest BCUT2D eigenvalue weighted by atomic mass is 9.62. The maximum atomic E-state index is 7.13. The summed E-state index contributed by atoms with van der Waals surface area (Å²) in [6, 6.07) is 67.4. The van der Waals surface area contributed by atoms with Gasteiger partial charge in [0.15, 0.2) is 0 Å². The SMILES string of the molecule is C1=CCC(c2ccc(-n3c4c(c5ccc(N(c6ccccc6)c6ccc7c(c6)Oc6ccccc6C76c7ccccc7-n7c8ccccc8c8cccc6c87)cc53)CCC=C4)cc2)C=C1. The smallest absolute Gasteiger partial charge is 0.134 e. The quantitative estimate of drug-likeness (QED) is 0.172. The van der Waals surface area contributed by atoms with Gasteiger partial charge in [0.25, 0.3) is 0 Å². The van der Waals surface area contributed by atoms with Crippen molar-refractivity contribution in [1.82, 2.24) is 9.13 Å². The monoisotopic (exact) mass is 833 g/mol. The molecule has 10 aromatic rings. The summed E-state index contributed by atoms with van der Waals surface area (Å²) in [4.78, 5) is 2.39. The van der Waals surface area contributed by atoms with Crippen LogP contribution in [0.15, 0.2) is 212 Å². The number of allylic oxidation sites excluding steroid dienone is 5. The number of rotatable bonds is 5. The van der Waals surface area contributed by atoms with Crippen molar-refractivity contribution in [3.8, 4) is 22.9 Å². The van der Waals surface area contributed by atoms with Crippen LogP contribution in [0.1, 0.15) is 57.8 Å². The van der Waals surface area contributed by atoms with Gasteiger partial charge in [-0.15, -0.1) is 0 Å². The number of anilines is 3. The summed E-state index contributed by atoms with van der Waals surface area (Å²) in [5.41, 5.74) is 17.4. The van der Waals surface area contributed by atoms with E-state index in [1.807, 2.05) is 0 Å². The van der Waals surface area contributed by atoms with Crippen LogP contribution in [-0.4, -0.2) is 9.13 Å². The summed E-state index contributed by atoms with van der Waals surface area (Å²) < 4.78 is 12.1. The van der Waals surface area contributed by atoms with Crippen molar-refractivity contribution < 1.29 is 4.74 Å². The molecule has 308 valence electrons. The highest BCUT2D eigenvalue weighted by Crippen LogP contribution is 2.61. The first-order valence-corrected chi connectivity index (χ1v) is 22.9. The zero-order chi connectivity index (χ0) is 42.6. The third kappa shape index (κ3) is 5.14. The number of aromatic nitrogens is 2. The molecule has 0 saturated carbocycles. The Kier molecular flexibility index (Phi) is 7.82. The Hall–Kier alpha value is -8.08. The first-order chi connectivity index (χ1) is 32.3. The van der Waals surface area contributed by atoms with Gasteiger partial charge in [-0.1, -0.05) is 146 Å². The summed E-state index contributed by atoms with van der Waals surface area (Å²) in [5.74, 6) is 2.14. The molecule has 2 atom stereocenters.